The zero-order valence-corrected chi connectivity index (χ0v) is 7.67. The van der Waals surface area contributed by atoms with E-state index >= 15 is 0 Å². The summed E-state index contributed by atoms with van der Waals surface area (Å²) in [5.74, 6) is -2.30. The van der Waals surface area contributed by atoms with Crippen molar-refractivity contribution in [1.82, 2.24) is 9.97 Å². The number of aromatic nitrogens is 2. The highest BCUT2D eigenvalue weighted by Gasteiger charge is 2.27. The molecular formula is C8H11F2N3O. The molecule has 0 aliphatic rings. The summed E-state index contributed by atoms with van der Waals surface area (Å²) in [5.41, 5.74) is 0. The summed E-state index contributed by atoms with van der Waals surface area (Å²) >= 11 is 0. The predicted octanol–water partition coefficient (Wildman–Crippen LogP) is 0.825. The zero-order valence-electron chi connectivity index (χ0n) is 7.67. The van der Waals surface area contributed by atoms with Crippen LogP contribution in [0.5, 0.6) is 0 Å². The molecule has 0 aromatic carbocycles. The van der Waals surface area contributed by atoms with Gasteiger partial charge in [-0.15, -0.1) is 0 Å². The van der Waals surface area contributed by atoms with E-state index in [0.717, 1.165) is 0 Å². The molecule has 0 aliphatic carbocycles. The first-order valence-electron chi connectivity index (χ1n) is 4.06. The molecule has 4 nitrogen and oxygen atoms in total. The Bertz CT molecular complexity index is 306. The van der Waals surface area contributed by atoms with Gasteiger partial charge in [0.2, 0.25) is 0 Å². The lowest BCUT2D eigenvalue weighted by Gasteiger charge is -2.14. The molecule has 78 valence electrons. The number of hydrogen-bond acceptors (Lipinski definition) is 4. The van der Waals surface area contributed by atoms with Crippen molar-refractivity contribution >= 4 is 5.82 Å². The lowest BCUT2D eigenvalue weighted by molar-refractivity contribution is -0.0373. The number of rotatable bonds is 4. The number of aliphatic hydroxyl groups excluding tert-OH is 1. The predicted molar refractivity (Wildman–Crippen MR) is 47.3 cm³/mol. The van der Waals surface area contributed by atoms with E-state index in [4.69, 9.17) is 5.11 Å². The normalized spacial score (nSPS) is 11.4. The SMILES string of the molecule is Cc1nccc(NCC(F)(F)CO)n1. The summed E-state index contributed by atoms with van der Waals surface area (Å²) in [4.78, 5) is 7.69. The average molecular weight is 203 g/mol. The van der Waals surface area contributed by atoms with Gasteiger partial charge in [0, 0.05) is 6.20 Å². The Labute approximate surface area is 80.0 Å². The van der Waals surface area contributed by atoms with E-state index < -0.39 is 19.1 Å². The van der Waals surface area contributed by atoms with Crippen LogP contribution in [-0.4, -0.2) is 34.1 Å². The van der Waals surface area contributed by atoms with Crippen LogP contribution in [-0.2, 0) is 0 Å². The summed E-state index contributed by atoms with van der Waals surface area (Å²) in [6.07, 6.45) is 1.47. The van der Waals surface area contributed by atoms with Crippen LogP contribution in [0.4, 0.5) is 14.6 Å². The van der Waals surface area contributed by atoms with Gasteiger partial charge in [0.25, 0.3) is 5.92 Å². The van der Waals surface area contributed by atoms with Crippen molar-refractivity contribution in [2.75, 3.05) is 18.5 Å². The molecule has 0 bridgehead atoms. The van der Waals surface area contributed by atoms with Gasteiger partial charge in [0.15, 0.2) is 0 Å². The maximum Gasteiger partial charge on any atom is 0.287 e. The maximum atomic E-state index is 12.6. The molecule has 0 saturated heterocycles. The topological polar surface area (TPSA) is 58.0 Å². The minimum absolute atomic E-state index is 0.325. The van der Waals surface area contributed by atoms with E-state index in [-0.39, 0.29) is 0 Å². The molecule has 0 fully saturated rings. The number of aryl methyl sites for hydroxylation is 1. The van der Waals surface area contributed by atoms with Crippen LogP contribution in [0.25, 0.3) is 0 Å². The minimum Gasteiger partial charge on any atom is -0.390 e. The van der Waals surface area contributed by atoms with Gasteiger partial charge in [-0.2, -0.15) is 0 Å². The van der Waals surface area contributed by atoms with Crippen molar-refractivity contribution in [2.24, 2.45) is 0 Å². The molecule has 0 atom stereocenters. The van der Waals surface area contributed by atoms with Crippen molar-refractivity contribution in [2.45, 2.75) is 12.8 Å². The second kappa shape index (κ2) is 4.28. The molecule has 1 aromatic heterocycles. The highest BCUT2D eigenvalue weighted by molar-refractivity contribution is 5.33. The Kier molecular flexibility index (Phi) is 3.29. The quantitative estimate of drug-likeness (QED) is 0.760. The van der Waals surface area contributed by atoms with Gasteiger partial charge in [-0.05, 0) is 13.0 Å². The van der Waals surface area contributed by atoms with E-state index in [0.29, 0.717) is 11.6 Å². The number of alkyl halides is 2. The van der Waals surface area contributed by atoms with Gasteiger partial charge in [0.1, 0.15) is 18.2 Å². The summed E-state index contributed by atoms with van der Waals surface area (Å²) in [7, 11) is 0. The number of anilines is 1. The van der Waals surface area contributed by atoms with Crippen molar-refractivity contribution in [1.29, 1.82) is 0 Å². The fraction of sp³-hybridized carbons (Fsp3) is 0.500. The lowest BCUT2D eigenvalue weighted by Crippen LogP contribution is -2.31. The Balaban J connectivity index is 2.54. The fourth-order valence-electron chi connectivity index (χ4n) is 0.830. The molecule has 6 heteroatoms. The van der Waals surface area contributed by atoms with Gasteiger partial charge in [-0.25, -0.2) is 18.7 Å². The van der Waals surface area contributed by atoms with E-state index in [1.165, 1.54) is 12.3 Å². The van der Waals surface area contributed by atoms with Crippen LogP contribution in [0.15, 0.2) is 12.3 Å². The van der Waals surface area contributed by atoms with Crippen LogP contribution in [0, 0.1) is 6.92 Å². The first kappa shape index (κ1) is 10.8. The van der Waals surface area contributed by atoms with Gasteiger partial charge in [-0.1, -0.05) is 0 Å². The van der Waals surface area contributed by atoms with Crippen molar-refractivity contribution in [3.63, 3.8) is 0 Å². The molecule has 2 N–H and O–H groups in total. The number of nitrogens with zero attached hydrogens (tertiary/aromatic N) is 2. The van der Waals surface area contributed by atoms with E-state index in [1.54, 1.807) is 6.92 Å². The van der Waals surface area contributed by atoms with Crippen LogP contribution in [0.1, 0.15) is 5.82 Å². The standard InChI is InChI=1S/C8H11F2N3O/c1-6-11-3-2-7(13-6)12-4-8(9,10)5-14/h2-3,14H,4-5H2,1H3,(H,11,12,13). The Morgan fingerprint density at radius 1 is 1.57 bits per heavy atom. The maximum absolute atomic E-state index is 12.6. The van der Waals surface area contributed by atoms with E-state index in [1.807, 2.05) is 0 Å². The first-order chi connectivity index (χ1) is 6.53. The van der Waals surface area contributed by atoms with Crippen LogP contribution in [0.2, 0.25) is 0 Å². The third-order valence-electron chi connectivity index (χ3n) is 1.54. The summed E-state index contributed by atoms with van der Waals surface area (Å²) < 4.78 is 25.2. The second-order valence-electron chi connectivity index (χ2n) is 2.86. The number of nitrogens with one attached hydrogen (secondary N) is 1. The molecule has 14 heavy (non-hydrogen) atoms. The fourth-order valence-corrected chi connectivity index (χ4v) is 0.830. The highest BCUT2D eigenvalue weighted by Crippen LogP contribution is 2.12. The van der Waals surface area contributed by atoms with E-state index in [2.05, 4.69) is 15.3 Å². The Morgan fingerprint density at radius 2 is 2.29 bits per heavy atom. The molecule has 0 aliphatic heterocycles. The molecule has 1 aromatic rings. The Hall–Kier alpha value is -1.30. The Morgan fingerprint density at radius 3 is 2.86 bits per heavy atom. The molecule has 0 spiro atoms. The van der Waals surface area contributed by atoms with Crippen LogP contribution in [0.3, 0.4) is 0 Å². The van der Waals surface area contributed by atoms with Gasteiger partial charge >= 0.3 is 0 Å². The molecular weight excluding hydrogens is 192 g/mol. The van der Waals surface area contributed by atoms with Crippen molar-refractivity contribution in [3.05, 3.63) is 18.1 Å². The second-order valence-corrected chi connectivity index (χ2v) is 2.86. The monoisotopic (exact) mass is 203 g/mol. The van der Waals surface area contributed by atoms with Crippen molar-refractivity contribution < 1.29 is 13.9 Å². The molecule has 0 unspecified atom stereocenters. The summed E-state index contributed by atoms with van der Waals surface area (Å²) in [6.45, 7) is -0.153. The number of hydrogen-bond donors (Lipinski definition) is 2. The first-order valence-corrected chi connectivity index (χ1v) is 4.06. The number of aliphatic hydroxyl groups is 1. The van der Waals surface area contributed by atoms with Gasteiger partial charge in [0.05, 0.1) is 6.54 Å². The van der Waals surface area contributed by atoms with Crippen molar-refractivity contribution in [3.8, 4) is 0 Å². The van der Waals surface area contributed by atoms with Crippen LogP contribution >= 0.6 is 0 Å². The lowest BCUT2D eigenvalue weighted by atomic mass is 10.3. The summed E-state index contributed by atoms with van der Waals surface area (Å²) in [6, 6.07) is 1.49. The minimum atomic E-state index is -3.13. The third kappa shape index (κ3) is 3.21. The zero-order chi connectivity index (χ0) is 10.6. The largest absolute Gasteiger partial charge is 0.390 e. The average Bonchev–Trinajstić information content (AvgIpc) is 2.15. The molecule has 1 heterocycles. The molecule has 0 saturated carbocycles. The highest BCUT2D eigenvalue weighted by atomic mass is 19.3. The molecule has 0 amide bonds. The van der Waals surface area contributed by atoms with E-state index in [9.17, 15) is 8.78 Å². The smallest absolute Gasteiger partial charge is 0.287 e. The summed E-state index contributed by atoms with van der Waals surface area (Å²) in [5, 5.41) is 10.7. The third-order valence-corrected chi connectivity index (χ3v) is 1.54. The molecule has 1 rings (SSSR count). The molecule has 0 radical (unpaired) electrons. The van der Waals surface area contributed by atoms with Gasteiger partial charge < -0.3 is 10.4 Å². The van der Waals surface area contributed by atoms with Crippen LogP contribution < -0.4 is 5.32 Å². The number of halogens is 2. The van der Waals surface area contributed by atoms with Gasteiger partial charge in [-0.3, -0.25) is 0 Å².